The molecule has 0 aliphatic heterocycles. The minimum Gasteiger partial charge on any atom is -0.493 e. The highest BCUT2D eigenvalue weighted by molar-refractivity contribution is 5.95. The maximum Gasteiger partial charge on any atom is 0.290 e. The second kappa shape index (κ2) is 13.8. The Labute approximate surface area is 235 Å². The SMILES string of the molecule is CCCCCCOc1ccccc1CN(C(=O)c1ccc(-c2ccc3ccccc3c2)cc1)C1(O)CC1.O=CO. The van der Waals surface area contributed by atoms with E-state index in [1.807, 2.05) is 60.7 Å². The predicted octanol–water partition coefficient (Wildman–Crippen LogP) is 7.29. The lowest BCUT2D eigenvalue weighted by Gasteiger charge is -2.29. The first-order valence-corrected chi connectivity index (χ1v) is 13.9. The van der Waals surface area contributed by atoms with Crippen LogP contribution in [0.1, 0.15) is 61.4 Å². The minimum atomic E-state index is -1.09. The molecule has 1 saturated carbocycles. The number of aliphatic hydroxyl groups is 1. The van der Waals surface area contributed by atoms with Crippen LogP contribution in [0.4, 0.5) is 0 Å². The Morgan fingerprint density at radius 3 is 2.23 bits per heavy atom. The summed E-state index contributed by atoms with van der Waals surface area (Å²) in [7, 11) is 0. The summed E-state index contributed by atoms with van der Waals surface area (Å²) in [6.45, 7) is 2.92. The molecule has 1 fully saturated rings. The number of benzene rings is 4. The van der Waals surface area contributed by atoms with Crippen LogP contribution in [0.15, 0.2) is 91.0 Å². The second-order valence-corrected chi connectivity index (χ2v) is 10.1. The highest BCUT2D eigenvalue weighted by Crippen LogP contribution is 2.41. The molecule has 0 heterocycles. The summed E-state index contributed by atoms with van der Waals surface area (Å²) >= 11 is 0. The minimum absolute atomic E-state index is 0.164. The first kappa shape index (κ1) is 28.8. The number of unbranched alkanes of at least 4 members (excludes halogenated alkanes) is 3. The van der Waals surface area contributed by atoms with E-state index in [4.69, 9.17) is 14.6 Å². The number of amides is 1. The molecule has 40 heavy (non-hydrogen) atoms. The van der Waals surface area contributed by atoms with Gasteiger partial charge in [-0.1, -0.05) is 92.9 Å². The van der Waals surface area contributed by atoms with Crippen LogP contribution in [0.5, 0.6) is 5.75 Å². The molecule has 208 valence electrons. The van der Waals surface area contributed by atoms with Gasteiger partial charge in [0.15, 0.2) is 0 Å². The first-order valence-electron chi connectivity index (χ1n) is 13.9. The average Bonchev–Trinajstić information content (AvgIpc) is 3.74. The quantitative estimate of drug-likeness (QED) is 0.119. The lowest BCUT2D eigenvalue weighted by molar-refractivity contribution is -0.122. The molecule has 4 aromatic carbocycles. The molecule has 0 bridgehead atoms. The maximum atomic E-state index is 13.6. The average molecular weight is 540 g/mol. The zero-order valence-electron chi connectivity index (χ0n) is 23.0. The van der Waals surface area contributed by atoms with Gasteiger partial charge in [0, 0.05) is 11.1 Å². The monoisotopic (exact) mass is 539 g/mol. The number of carbonyl (C=O) groups is 2. The summed E-state index contributed by atoms with van der Waals surface area (Å²) < 4.78 is 6.08. The summed E-state index contributed by atoms with van der Waals surface area (Å²) in [6.07, 6.45) is 5.74. The Kier molecular flexibility index (Phi) is 9.92. The molecule has 4 aromatic rings. The molecule has 0 spiro atoms. The largest absolute Gasteiger partial charge is 0.493 e. The van der Waals surface area contributed by atoms with Crippen LogP contribution in [0, 0.1) is 0 Å². The number of hydrogen-bond acceptors (Lipinski definition) is 4. The van der Waals surface area contributed by atoms with E-state index in [0.29, 0.717) is 31.6 Å². The Hall–Kier alpha value is -4.16. The fraction of sp³-hybridized carbons (Fsp3) is 0.294. The molecule has 6 nitrogen and oxygen atoms in total. The fourth-order valence-electron chi connectivity index (χ4n) is 4.78. The van der Waals surface area contributed by atoms with Gasteiger partial charge in [0.1, 0.15) is 11.5 Å². The van der Waals surface area contributed by atoms with Crippen molar-refractivity contribution in [3.8, 4) is 16.9 Å². The van der Waals surface area contributed by atoms with Crippen LogP contribution >= 0.6 is 0 Å². The number of fused-ring (bicyclic) bond motifs is 1. The lowest BCUT2D eigenvalue weighted by atomic mass is 10.00. The van der Waals surface area contributed by atoms with Crippen molar-refractivity contribution in [2.75, 3.05) is 6.61 Å². The fourth-order valence-corrected chi connectivity index (χ4v) is 4.78. The van der Waals surface area contributed by atoms with E-state index >= 15 is 0 Å². The van der Waals surface area contributed by atoms with E-state index in [1.54, 1.807) is 4.90 Å². The van der Waals surface area contributed by atoms with Crippen molar-refractivity contribution in [3.63, 3.8) is 0 Å². The van der Waals surface area contributed by atoms with Gasteiger partial charge in [-0.05, 0) is 65.4 Å². The number of carbonyl (C=O) groups excluding carboxylic acids is 1. The number of hydrogen-bond donors (Lipinski definition) is 2. The molecule has 1 aliphatic rings. The van der Waals surface area contributed by atoms with E-state index in [-0.39, 0.29) is 12.4 Å². The molecule has 1 amide bonds. The molecule has 0 unspecified atom stereocenters. The van der Waals surface area contributed by atoms with Crippen molar-refractivity contribution in [3.05, 3.63) is 102 Å². The Balaban J connectivity index is 0.00000118. The molecule has 0 saturated heterocycles. The summed E-state index contributed by atoms with van der Waals surface area (Å²) in [5.41, 5.74) is 2.56. The van der Waals surface area contributed by atoms with Crippen LogP contribution in [0.2, 0.25) is 0 Å². The van der Waals surface area contributed by atoms with Gasteiger partial charge in [-0.3, -0.25) is 9.59 Å². The van der Waals surface area contributed by atoms with Gasteiger partial charge in [0.25, 0.3) is 12.4 Å². The van der Waals surface area contributed by atoms with Gasteiger partial charge in [-0.2, -0.15) is 0 Å². The van der Waals surface area contributed by atoms with Gasteiger partial charge in [-0.15, -0.1) is 0 Å². The molecule has 0 radical (unpaired) electrons. The smallest absolute Gasteiger partial charge is 0.290 e. The van der Waals surface area contributed by atoms with Crippen LogP contribution in [0.3, 0.4) is 0 Å². The second-order valence-electron chi connectivity index (χ2n) is 10.1. The standard InChI is InChI=1S/C33H35NO3.CH2O2/c1-2-3-4-9-22-37-31-13-8-7-12-30(31)24-34(33(36)20-21-33)32(35)27-17-14-26(15-18-27)29-19-16-25-10-5-6-11-28(25)23-29;2-1-3/h5-8,10-19,23,36H,2-4,9,20-22,24H2,1H3;1H,(H,2,3). The van der Waals surface area contributed by atoms with E-state index in [1.165, 1.54) is 23.6 Å². The van der Waals surface area contributed by atoms with E-state index in [2.05, 4.69) is 37.3 Å². The highest BCUT2D eigenvalue weighted by Gasteiger charge is 2.49. The zero-order valence-corrected chi connectivity index (χ0v) is 23.0. The van der Waals surface area contributed by atoms with Crippen molar-refractivity contribution < 1.29 is 24.5 Å². The van der Waals surface area contributed by atoms with Gasteiger partial charge in [0.05, 0.1) is 13.2 Å². The van der Waals surface area contributed by atoms with Crippen molar-refractivity contribution in [2.24, 2.45) is 0 Å². The summed E-state index contributed by atoms with van der Waals surface area (Å²) in [6, 6.07) is 30.2. The van der Waals surface area contributed by atoms with E-state index in [9.17, 15) is 9.90 Å². The summed E-state index contributed by atoms with van der Waals surface area (Å²) in [5, 5.41) is 20.3. The van der Waals surface area contributed by atoms with Crippen LogP contribution < -0.4 is 4.74 Å². The van der Waals surface area contributed by atoms with Gasteiger partial charge >= 0.3 is 0 Å². The number of ether oxygens (including phenoxy) is 1. The topological polar surface area (TPSA) is 87.1 Å². The first-order chi connectivity index (χ1) is 19.5. The maximum absolute atomic E-state index is 13.6. The number of nitrogens with zero attached hydrogens (tertiary/aromatic N) is 1. The predicted molar refractivity (Wildman–Crippen MR) is 158 cm³/mol. The molecule has 2 N–H and O–H groups in total. The molecular weight excluding hydrogens is 502 g/mol. The Morgan fingerprint density at radius 2 is 1.52 bits per heavy atom. The molecule has 0 atom stereocenters. The molecule has 1 aliphatic carbocycles. The lowest BCUT2D eigenvalue weighted by Crippen LogP contribution is -2.41. The zero-order chi connectivity index (χ0) is 28.4. The third kappa shape index (κ3) is 7.27. The van der Waals surface area contributed by atoms with Crippen molar-refractivity contribution in [2.45, 2.75) is 57.7 Å². The number of carboxylic acid groups (broad SMARTS) is 1. The molecule has 6 heteroatoms. The third-order valence-electron chi connectivity index (χ3n) is 7.22. The summed E-state index contributed by atoms with van der Waals surface area (Å²) in [4.78, 5) is 23.6. The van der Waals surface area contributed by atoms with Crippen LogP contribution in [-0.4, -0.2) is 39.8 Å². The Morgan fingerprint density at radius 1 is 0.875 bits per heavy atom. The summed E-state index contributed by atoms with van der Waals surface area (Å²) in [5.74, 6) is 0.621. The van der Waals surface area contributed by atoms with Crippen molar-refractivity contribution >= 4 is 23.2 Å². The molecule has 5 rings (SSSR count). The van der Waals surface area contributed by atoms with E-state index in [0.717, 1.165) is 35.3 Å². The Bertz CT molecular complexity index is 1410. The van der Waals surface area contributed by atoms with Crippen LogP contribution in [-0.2, 0) is 11.3 Å². The molecule has 0 aromatic heterocycles. The van der Waals surface area contributed by atoms with E-state index < -0.39 is 5.72 Å². The van der Waals surface area contributed by atoms with Gasteiger partial charge < -0.3 is 19.8 Å². The van der Waals surface area contributed by atoms with Crippen molar-refractivity contribution in [1.29, 1.82) is 0 Å². The molecular formula is C34H37NO5. The van der Waals surface area contributed by atoms with Gasteiger partial charge in [-0.25, -0.2) is 0 Å². The number of rotatable bonds is 11. The van der Waals surface area contributed by atoms with Crippen LogP contribution in [0.25, 0.3) is 21.9 Å². The normalized spacial score (nSPS) is 13.2. The third-order valence-corrected chi connectivity index (χ3v) is 7.22. The highest BCUT2D eigenvalue weighted by atomic mass is 16.5. The van der Waals surface area contributed by atoms with Gasteiger partial charge in [0.2, 0.25) is 0 Å². The number of para-hydroxylation sites is 1. The van der Waals surface area contributed by atoms with Crippen molar-refractivity contribution in [1.82, 2.24) is 4.90 Å².